The number of hydrogen-bond donors (Lipinski definition) is 3. The van der Waals surface area contributed by atoms with E-state index in [0.717, 1.165) is 17.7 Å². The standard InChI is InChI=1S/C20H16F3N3O2.C2HF3O2/c1-12-3-2-10-24-17(12)18(13-4-7-15(8-5-13)20(21,22)23)26-19(28)14-6-9-16(27)25-11-14;3-2(4,5)1(6)7/h2-11,18H,1H3,(H,25,27)(H,26,28);(H,6,7)/t18-;/m0./s1. The van der Waals surface area contributed by atoms with Crippen LogP contribution in [0.4, 0.5) is 26.3 Å². The number of aliphatic carboxylic acids is 1. The summed E-state index contributed by atoms with van der Waals surface area (Å²) < 4.78 is 70.3. The van der Waals surface area contributed by atoms with Gasteiger partial charge in [-0.25, -0.2) is 4.79 Å². The summed E-state index contributed by atoms with van der Waals surface area (Å²) in [6.07, 6.45) is -6.72. The number of carboxylic acids is 1. The number of carbonyl (C=O) groups is 2. The second kappa shape index (κ2) is 10.8. The molecule has 35 heavy (non-hydrogen) atoms. The molecule has 0 aliphatic heterocycles. The number of rotatable bonds is 4. The number of H-pyrrole nitrogens is 1. The van der Waals surface area contributed by atoms with E-state index in [1.54, 1.807) is 25.3 Å². The number of aryl methyl sites for hydroxylation is 1. The second-order valence-corrected chi connectivity index (χ2v) is 6.98. The number of benzene rings is 1. The summed E-state index contributed by atoms with van der Waals surface area (Å²) in [6.45, 7) is 1.80. The van der Waals surface area contributed by atoms with Crippen molar-refractivity contribution in [3.05, 3.63) is 99.2 Å². The number of aromatic nitrogens is 2. The highest BCUT2D eigenvalue weighted by Crippen LogP contribution is 2.31. The molecule has 0 saturated carbocycles. The normalized spacial score (nSPS) is 12.2. The maximum Gasteiger partial charge on any atom is 0.490 e. The number of carboxylic acid groups (broad SMARTS) is 1. The van der Waals surface area contributed by atoms with Gasteiger partial charge < -0.3 is 15.4 Å². The third kappa shape index (κ3) is 7.69. The van der Waals surface area contributed by atoms with E-state index in [1.165, 1.54) is 30.5 Å². The van der Waals surface area contributed by atoms with E-state index in [-0.39, 0.29) is 11.1 Å². The van der Waals surface area contributed by atoms with Crippen LogP contribution >= 0.6 is 0 Å². The van der Waals surface area contributed by atoms with Gasteiger partial charge in [0.05, 0.1) is 22.9 Å². The van der Waals surface area contributed by atoms with E-state index >= 15 is 0 Å². The highest BCUT2D eigenvalue weighted by Gasteiger charge is 2.38. The van der Waals surface area contributed by atoms with Crippen LogP contribution < -0.4 is 10.9 Å². The molecule has 3 aromatic rings. The molecule has 3 N–H and O–H groups in total. The molecular weight excluding hydrogens is 484 g/mol. The molecule has 0 radical (unpaired) electrons. The molecule has 1 atom stereocenters. The molecule has 2 aromatic heterocycles. The first-order valence-corrected chi connectivity index (χ1v) is 9.58. The number of amides is 1. The van der Waals surface area contributed by atoms with Crippen LogP contribution in [0.25, 0.3) is 0 Å². The highest BCUT2D eigenvalue weighted by atomic mass is 19.4. The minimum absolute atomic E-state index is 0.213. The van der Waals surface area contributed by atoms with Crippen LogP contribution in [-0.4, -0.2) is 33.1 Å². The zero-order valence-electron chi connectivity index (χ0n) is 17.7. The van der Waals surface area contributed by atoms with Gasteiger partial charge in [0.15, 0.2) is 0 Å². The lowest BCUT2D eigenvalue weighted by Gasteiger charge is -2.21. The number of aromatic amines is 1. The number of nitrogens with one attached hydrogen (secondary N) is 2. The fraction of sp³-hybridized carbons (Fsp3) is 0.182. The van der Waals surface area contributed by atoms with Gasteiger partial charge in [0.1, 0.15) is 0 Å². The molecule has 0 unspecified atom stereocenters. The predicted octanol–water partition coefficient (Wildman–Crippen LogP) is 4.25. The Morgan fingerprint density at radius 2 is 1.60 bits per heavy atom. The van der Waals surface area contributed by atoms with Crippen molar-refractivity contribution in [2.24, 2.45) is 0 Å². The lowest BCUT2D eigenvalue weighted by atomic mass is 9.98. The highest BCUT2D eigenvalue weighted by molar-refractivity contribution is 5.94. The third-order valence-electron chi connectivity index (χ3n) is 4.46. The molecule has 1 amide bonds. The van der Waals surface area contributed by atoms with Crippen molar-refractivity contribution in [2.45, 2.75) is 25.3 Å². The summed E-state index contributed by atoms with van der Waals surface area (Å²) in [7, 11) is 0. The zero-order valence-corrected chi connectivity index (χ0v) is 17.7. The smallest absolute Gasteiger partial charge is 0.475 e. The van der Waals surface area contributed by atoms with Crippen LogP contribution in [0, 0.1) is 6.92 Å². The van der Waals surface area contributed by atoms with Crippen molar-refractivity contribution < 1.29 is 41.0 Å². The summed E-state index contributed by atoms with van der Waals surface area (Å²) in [5.41, 5.74) is 0.822. The zero-order chi connectivity index (χ0) is 26.4. The molecule has 0 spiro atoms. The molecule has 0 saturated heterocycles. The average Bonchev–Trinajstić information content (AvgIpc) is 2.78. The van der Waals surface area contributed by atoms with Gasteiger partial charge in [0.2, 0.25) is 5.56 Å². The lowest BCUT2D eigenvalue weighted by molar-refractivity contribution is -0.192. The molecule has 13 heteroatoms. The van der Waals surface area contributed by atoms with Gasteiger partial charge in [-0.05, 0) is 42.3 Å². The summed E-state index contributed by atoms with van der Waals surface area (Å²) in [5, 5.41) is 9.90. The van der Waals surface area contributed by atoms with E-state index in [0.29, 0.717) is 11.3 Å². The van der Waals surface area contributed by atoms with Crippen LogP contribution in [0.15, 0.2) is 65.7 Å². The summed E-state index contributed by atoms with van der Waals surface area (Å²) in [6, 6.07) is 9.90. The Hall–Kier alpha value is -4.16. The van der Waals surface area contributed by atoms with E-state index in [9.17, 15) is 35.9 Å². The van der Waals surface area contributed by atoms with Crippen LogP contribution in [0.2, 0.25) is 0 Å². The Balaban J connectivity index is 0.000000540. The molecule has 0 aliphatic rings. The first-order chi connectivity index (χ1) is 16.2. The maximum absolute atomic E-state index is 12.9. The molecular formula is C22H17F6N3O4. The van der Waals surface area contributed by atoms with Crippen LogP contribution in [-0.2, 0) is 11.0 Å². The largest absolute Gasteiger partial charge is 0.490 e. The minimum atomic E-state index is -5.08. The number of halogens is 6. The summed E-state index contributed by atoms with van der Waals surface area (Å²) in [5.74, 6) is -3.25. The third-order valence-corrected chi connectivity index (χ3v) is 4.46. The second-order valence-electron chi connectivity index (χ2n) is 6.98. The maximum atomic E-state index is 12.9. The number of carbonyl (C=O) groups excluding carboxylic acids is 1. The van der Waals surface area contributed by atoms with Crippen LogP contribution in [0.5, 0.6) is 0 Å². The summed E-state index contributed by atoms with van der Waals surface area (Å²) >= 11 is 0. The molecule has 2 heterocycles. The molecule has 0 fully saturated rings. The lowest BCUT2D eigenvalue weighted by Crippen LogP contribution is -2.31. The Morgan fingerprint density at radius 3 is 2.06 bits per heavy atom. The van der Waals surface area contributed by atoms with Gasteiger partial charge in [0.25, 0.3) is 5.91 Å². The SMILES string of the molecule is Cc1cccnc1[C@@H](NC(=O)c1ccc(=O)[nH]c1)c1ccc(C(F)(F)F)cc1.O=C(O)C(F)(F)F. The van der Waals surface area contributed by atoms with Gasteiger partial charge in [0, 0.05) is 18.5 Å². The quantitative estimate of drug-likeness (QED) is 0.463. The van der Waals surface area contributed by atoms with Crippen molar-refractivity contribution in [2.75, 3.05) is 0 Å². The Kier molecular flexibility index (Phi) is 8.39. The molecule has 7 nitrogen and oxygen atoms in total. The number of hydrogen-bond acceptors (Lipinski definition) is 4. The van der Waals surface area contributed by atoms with Crippen LogP contribution in [0.3, 0.4) is 0 Å². The van der Waals surface area contributed by atoms with Gasteiger partial charge in [-0.3, -0.25) is 14.6 Å². The number of pyridine rings is 2. The fourth-order valence-electron chi connectivity index (χ4n) is 2.74. The Bertz CT molecular complexity index is 1220. The molecule has 3 rings (SSSR count). The van der Waals surface area contributed by atoms with Gasteiger partial charge in [-0.2, -0.15) is 26.3 Å². The Labute approximate surface area is 193 Å². The van der Waals surface area contributed by atoms with Crippen molar-refractivity contribution in [1.82, 2.24) is 15.3 Å². The molecule has 186 valence electrons. The minimum Gasteiger partial charge on any atom is -0.475 e. The van der Waals surface area contributed by atoms with Crippen molar-refractivity contribution >= 4 is 11.9 Å². The first kappa shape index (κ1) is 27.1. The summed E-state index contributed by atoms with van der Waals surface area (Å²) in [4.78, 5) is 39.4. The Morgan fingerprint density at radius 1 is 1.00 bits per heavy atom. The fourth-order valence-corrected chi connectivity index (χ4v) is 2.74. The molecule has 0 aliphatic carbocycles. The van der Waals surface area contributed by atoms with E-state index in [1.807, 2.05) is 0 Å². The van der Waals surface area contributed by atoms with E-state index < -0.39 is 35.8 Å². The van der Waals surface area contributed by atoms with E-state index in [2.05, 4.69) is 15.3 Å². The first-order valence-electron chi connectivity index (χ1n) is 9.58. The molecule has 1 aromatic carbocycles. The predicted molar refractivity (Wildman–Crippen MR) is 110 cm³/mol. The van der Waals surface area contributed by atoms with Crippen LogP contribution in [0.1, 0.15) is 38.8 Å². The van der Waals surface area contributed by atoms with Crippen molar-refractivity contribution in [3.8, 4) is 0 Å². The number of alkyl halides is 6. The van der Waals surface area contributed by atoms with E-state index in [4.69, 9.17) is 9.90 Å². The average molecular weight is 501 g/mol. The number of nitrogens with zero attached hydrogens (tertiary/aromatic N) is 1. The van der Waals surface area contributed by atoms with Gasteiger partial charge >= 0.3 is 18.3 Å². The molecule has 0 bridgehead atoms. The topological polar surface area (TPSA) is 112 Å². The van der Waals surface area contributed by atoms with Crippen molar-refractivity contribution in [3.63, 3.8) is 0 Å². The van der Waals surface area contributed by atoms with Gasteiger partial charge in [-0.15, -0.1) is 0 Å². The van der Waals surface area contributed by atoms with Crippen molar-refractivity contribution in [1.29, 1.82) is 0 Å². The van der Waals surface area contributed by atoms with Gasteiger partial charge in [-0.1, -0.05) is 18.2 Å². The monoisotopic (exact) mass is 501 g/mol.